The van der Waals surface area contributed by atoms with Crippen molar-refractivity contribution >= 4 is 23.6 Å². The van der Waals surface area contributed by atoms with Gasteiger partial charge in [0.05, 0.1) is 10.1 Å². The second-order valence-corrected chi connectivity index (χ2v) is 5.30. The summed E-state index contributed by atoms with van der Waals surface area (Å²) < 4.78 is 40.7. The van der Waals surface area contributed by atoms with E-state index in [1.807, 2.05) is 0 Å². The summed E-state index contributed by atoms with van der Waals surface area (Å²) in [6.07, 6.45) is -4.33. The standard InChI is InChI=1S/C12H10F3NO3S/c13-12(14,15)19-7-3-1-2-4-8(7)20-9-5-6-10(17)16-11(9)18/h1-4,9H,5-6H2,(H,16,17,18). The minimum Gasteiger partial charge on any atom is -0.405 e. The normalized spacial score (nSPS) is 19.6. The van der Waals surface area contributed by atoms with Crippen LogP contribution in [0.25, 0.3) is 0 Å². The lowest BCUT2D eigenvalue weighted by molar-refractivity contribution is -0.275. The third-order valence-corrected chi connectivity index (χ3v) is 3.86. The number of para-hydroxylation sites is 1. The molecule has 8 heteroatoms. The summed E-state index contributed by atoms with van der Waals surface area (Å²) in [5, 5.41) is 1.55. The number of hydrogen-bond acceptors (Lipinski definition) is 4. The molecule has 20 heavy (non-hydrogen) atoms. The van der Waals surface area contributed by atoms with Crippen molar-refractivity contribution in [3.8, 4) is 5.75 Å². The maximum atomic E-state index is 12.3. The van der Waals surface area contributed by atoms with Crippen LogP contribution in [0, 0.1) is 0 Å². The third-order valence-electron chi connectivity index (χ3n) is 2.53. The topological polar surface area (TPSA) is 55.4 Å². The van der Waals surface area contributed by atoms with Crippen LogP contribution in [-0.2, 0) is 9.59 Å². The second kappa shape index (κ2) is 5.74. The summed E-state index contributed by atoms with van der Waals surface area (Å²) in [4.78, 5) is 22.8. The summed E-state index contributed by atoms with van der Waals surface area (Å²) in [5.74, 6) is -1.21. The molecule has 0 radical (unpaired) electrons. The molecule has 0 aromatic heterocycles. The first-order chi connectivity index (χ1) is 9.35. The van der Waals surface area contributed by atoms with Crippen molar-refractivity contribution in [3.05, 3.63) is 24.3 Å². The van der Waals surface area contributed by atoms with E-state index in [1.54, 1.807) is 6.07 Å². The summed E-state index contributed by atoms with van der Waals surface area (Å²) in [5.41, 5.74) is 0. The van der Waals surface area contributed by atoms with Crippen LogP contribution in [0.5, 0.6) is 5.75 Å². The first-order valence-corrected chi connectivity index (χ1v) is 6.58. The Morgan fingerprint density at radius 3 is 2.60 bits per heavy atom. The predicted molar refractivity (Wildman–Crippen MR) is 65.2 cm³/mol. The van der Waals surface area contributed by atoms with Gasteiger partial charge in [0.2, 0.25) is 11.8 Å². The second-order valence-electron chi connectivity index (χ2n) is 4.05. The molecule has 1 heterocycles. The number of piperidine rings is 1. The smallest absolute Gasteiger partial charge is 0.405 e. The van der Waals surface area contributed by atoms with E-state index >= 15 is 0 Å². The Morgan fingerprint density at radius 1 is 1.25 bits per heavy atom. The van der Waals surface area contributed by atoms with Gasteiger partial charge in [-0.3, -0.25) is 14.9 Å². The molecule has 0 spiro atoms. The lowest BCUT2D eigenvalue weighted by Gasteiger charge is -2.21. The van der Waals surface area contributed by atoms with Gasteiger partial charge in [-0.2, -0.15) is 0 Å². The molecule has 1 fully saturated rings. The van der Waals surface area contributed by atoms with E-state index < -0.39 is 17.5 Å². The van der Waals surface area contributed by atoms with Crippen molar-refractivity contribution in [1.29, 1.82) is 0 Å². The SMILES string of the molecule is O=C1CCC(Sc2ccccc2OC(F)(F)F)C(=O)N1. The Bertz CT molecular complexity index is 533. The van der Waals surface area contributed by atoms with Crippen LogP contribution < -0.4 is 10.1 Å². The van der Waals surface area contributed by atoms with Crippen molar-refractivity contribution in [2.75, 3.05) is 0 Å². The number of rotatable bonds is 3. The van der Waals surface area contributed by atoms with Crippen molar-refractivity contribution in [2.45, 2.75) is 29.3 Å². The predicted octanol–water partition coefficient (Wildman–Crippen LogP) is 2.48. The fourth-order valence-electron chi connectivity index (χ4n) is 1.70. The first kappa shape index (κ1) is 14.7. The Hall–Kier alpha value is -1.70. The zero-order valence-electron chi connectivity index (χ0n) is 10.1. The molecule has 1 aliphatic heterocycles. The van der Waals surface area contributed by atoms with Crippen LogP contribution in [-0.4, -0.2) is 23.4 Å². The minimum absolute atomic E-state index is 0.172. The molecular weight excluding hydrogens is 295 g/mol. The van der Waals surface area contributed by atoms with E-state index in [2.05, 4.69) is 10.1 Å². The van der Waals surface area contributed by atoms with Crippen LogP contribution in [0.15, 0.2) is 29.2 Å². The van der Waals surface area contributed by atoms with Crippen LogP contribution in [0.2, 0.25) is 0 Å². The highest BCUT2D eigenvalue weighted by molar-refractivity contribution is 8.00. The van der Waals surface area contributed by atoms with Gasteiger partial charge >= 0.3 is 6.36 Å². The molecule has 1 unspecified atom stereocenters. The van der Waals surface area contributed by atoms with E-state index in [0.717, 1.165) is 11.8 Å². The third kappa shape index (κ3) is 3.89. The first-order valence-electron chi connectivity index (χ1n) is 5.70. The highest BCUT2D eigenvalue weighted by Gasteiger charge is 2.33. The Labute approximate surface area is 116 Å². The van der Waals surface area contributed by atoms with E-state index in [9.17, 15) is 22.8 Å². The number of amides is 2. The number of ether oxygens (including phenoxy) is 1. The average Bonchev–Trinajstić information content (AvgIpc) is 2.33. The number of benzene rings is 1. The van der Waals surface area contributed by atoms with Crippen LogP contribution in [0.3, 0.4) is 0 Å². The lowest BCUT2D eigenvalue weighted by Crippen LogP contribution is -2.42. The number of nitrogens with one attached hydrogen (secondary N) is 1. The lowest BCUT2D eigenvalue weighted by atomic mass is 10.1. The molecule has 1 aromatic carbocycles. The van der Waals surface area contributed by atoms with Crippen LogP contribution in [0.1, 0.15) is 12.8 Å². The number of imide groups is 1. The Kier molecular flexibility index (Phi) is 4.22. The monoisotopic (exact) mass is 305 g/mol. The maximum Gasteiger partial charge on any atom is 0.573 e. The summed E-state index contributed by atoms with van der Waals surface area (Å²) >= 11 is 0.953. The highest BCUT2D eigenvalue weighted by atomic mass is 32.2. The molecule has 2 amide bonds. The Morgan fingerprint density at radius 2 is 1.95 bits per heavy atom. The number of hydrogen-bond donors (Lipinski definition) is 1. The van der Waals surface area contributed by atoms with Gasteiger partial charge in [-0.25, -0.2) is 0 Å². The average molecular weight is 305 g/mol. The van der Waals surface area contributed by atoms with E-state index in [1.165, 1.54) is 18.2 Å². The van der Waals surface area contributed by atoms with E-state index in [0.29, 0.717) is 0 Å². The summed E-state index contributed by atoms with van der Waals surface area (Å²) in [6, 6.07) is 5.59. The van der Waals surface area contributed by atoms with Crippen molar-refractivity contribution in [2.24, 2.45) is 0 Å². The van der Waals surface area contributed by atoms with Gasteiger partial charge in [0.25, 0.3) is 0 Å². The number of alkyl halides is 3. The molecule has 1 N–H and O–H groups in total. The van der Waals surface area contributed by atoms with Crippen LogP contribution in [0.4, 0.5) is 13.2 Å². The number of carbonyl (C=O) groups is 2. The van der Waals surface area contributed by atoms with Gasteiger partial charge in [-0.05, 0) is 18.6 Å². The maximum absolute atomic E-state index is 12.3. The molecule has 0 aliphatic carbocycles. The zero-order chi connectivity index (χ0) is 14.8. The number of halogens is 3. The minimum atomic E-state index is -4.79. The molecule has 108 valence electrons. The molecular formula is C12H10F3NO3S. The molecule has 1 aliphatic rings. The van der Waals surface area contributed by atoms with Crippen molar-refractivity contribution < 1.29 is 27.5 Å². The van der Waals surface area contributed by atoms with Crippen molar-refractivity contribution in [3.63, 3.8) is 0 Å². The summed E-state index contributed by atoms with van der Waals surface area (Å²) in [6.45, 7) is 0. The highest BCUT2D eigenvalue weighted by Crippen LogP contribution is 2.37. The largest absolute Gasteiger partial charge is 0.573 e. The van der Waals surface area contributed by atoms with Gasteiger partial charge in [-0.15, -0.1) is 24.9 Å². The molecule has 2 rings (SSSR count). The Balaban J connectivity index is 2.13. The van der Waals surface area contributed by atoms with Gasteiger partial charge in [0, 0.05) is 6.42 Å². The molecule has 1 saturated heterocycles. The van der Waals surface area contributed by atoms with Gasteiger partial charge in [0.1, 0.15) is 5.75 Å². The molecule has 0 saturated carbocycles. The molecule has 4 nitrogen and oxygen atoms in total. The molecule has 0 bridgehead atoms. The fraction of sp³-hybridized carbons (Fsp3) is 0.333. The van der Waals surface area contributed by atoms with Crippen molar-refractivity contribution in [1.82, 2.24) is 5.32 Å². The quantitative estimate of drug-likeness (QED) is 0.872. The summed E-state index contributed by atoms with van der Waals surface area (Å²) in [7, 11) is 0. The number of thioether (sulfide) groups is 1. The van der Waals surface area contributed by atoms with Gasteiger partial charge in [0.15, 0.2) is 0 Å². The zero-order valence-corrected chi connectivity index (χ0v) is 10.9. The van der Waals surface area contributed by atoms with Gasteiger partial charge < -0.3 is 4.74 Å². The molecule has 1 atom stereocenters. The fourth-order valence-corrected chi connectivity index (χ4v) is 2.79. The number of carbonyl (C=O) groups excluding carboxylic acids is 2. The van der Waals surface area contributed by atoms with Gasteiger partial charge in [-0.1, -0.05) is 12.1 Å². The van der Waals surface area contributed by atoms with Crippen LogP contribution >= 0.6 is 11.8 Å². The molecule has 1 aromatic rings. The van der Waals surface area contributed by atoms with E-state index in [-0.39, 0.29) is 29.4 Å². The van der Waals surface area contributed by atoms with E-state index in [4.69, 9.17) is 0 Å².